The molecule has 0 spiro atoms. The maximum atomic E-state index is 5.43. The van der Waals surface area contributed by atoms with Gasteiger partial charge in [-0.05, 0) is 50.6 Å². The molecule has 0 bridgehead atoms. The predicted molar refractivity (Wildman–Crippen MR) is 110 cm³/mol. The number of aromatic nitrogens is 3. The fourth-order valence-electron chi connectivity index (χ4n) is 3.51. The highest BCUT2D eigenvalue weighted by molar-refractivity contribution is 5.79. The van der Waals surface area contributed by atoms with E-state index in [0.717, 1.165) is 43.7 Å². The number of hydrogen-bond donors (Lipinski definition) is 2. The molecule has 1 saturated heterocycles. The predicted octanol–water partition coefficient (Wildman–Crippen LogP) is 1.72. The van der Waals surface area contributed by atoms with Gasteiger partial charge in [0.15, 0.2) is 5.96 Å². The summed E-state index contributed by atoms with van der Waals surface area (Å²) in [6.07, 6.45) is 4.05. The lowest BCUT2D eigenvalue weighted by Crippen LogP contribution is -2.42. The van der Waals surface area contributed by atoms with Gasteiger partial charge in [-0.25, -0.2) is 9.98 Å². The minimum atomic E-state index is 0.274. The van der Waals surface area contributed by atoms with Crippen molar-refractivity contribution in [1.29, 1.82) is 0 Å². The van der Waals surface area contributed by atoms with Crippen LogP contribution in [0.4, 0.5) is 0 Å². The molecule has 1 aromatic heterocycles. The van der Waals surface area contributed by atoms with Crippen molar-refractivity contribution in [3.05, 3.63) is 42.0 Å². The lowest BCUT2D eigenvalue weighted by molar-refractivity contribution is 0.245. The van der Waals surface area contributed by atoms with Gasteiger partial charge in [0.05, 0.1) is 13.2 Å². The maximum absolute atomic E-state index is 5.43. The second kappa shape index (κ2) is 10.1. The van der Waals surface area contributed by atoms with Crippen molar-refractivity contribution < 1.29 is 4.74 Å². The van der Waals surface area contributed by atoms with E-state index >= 15 is 0 Å². The van der Waals surface area contributed by atoms with Gasteiger partial charge in [0.25, 0.3) is 0 Å². The average Bonchev–Trinajstić information content (AvgIpc) is 3.38. The van der Waals surface area contributed by atoms with Crippen LogP contribution in [0, 0.1) is 0 Å². The van der Waals surface area contributed by atoms with Crippen molar-refractivity contribution in [2.75, 3.05) is 33.3 Å². The molecule has 1 unspecified atom stereocenters. The number of guanidine groups is 1. The van der Waals surface area contributed by atoms with Gasteiger partial charge in [0, 0.05) is 20.1 Å². The van der Waals surface area contributed by atoms with Gasteiger partial charge in [-0.1, -0.05) is 12.1 Å². The average molecular weight is 386 g/mol. The standard InChI is InChI=1S/C20H31N7O/c1-4-21-20(23-14-19-24-15-25-26(19)2)22-13-18(27-10-5-6-11-27)16-8-7-9-17(12-16)28-3/h7-9,12,15,18H,4-6,10-11,13-14H2,1-3H3,(H2,21,22,23). The van der Waals surface area contributed by atoms with E-state index in [1.54, 1.807) is 18.1 Å². The quantitative estimate of drug-likeness (QED) is 0.532. The summed E-state index contributed by atoms with van der Waals surface area (Å²) < 4.78 is 7.18. The van der Waals surface area contributed by atoms with Crippen molar-refractivity contribution in [2.45, 2.75) is 32.4 Å². The molecule has 1 atom stereocenters. The number of nitrogens with one attached hydrogen (secondary N) is 2. The number of aryl methyl sites for hydroxylation is 1. The van der Waals surface area contributed by atoms with Crippen LogP contribution in [-0.4, -0.2) is 58.9 Å². The fraction of sp³-hybridized carbons (Fsp3) is 0.550. The van der Waals surface area contributed by atoms with Crippen LogP contribution in [0.3, 0.4) is 0 Å². The normalized spacial score (nSPS) is 16.2. The van der Waals surface area contributed by atoms with E-state index in [2.05, 4.69) is 55.7 Å². The van der Waals surface area contributed by atoms with Crippen LogP contribution in [0.5, 0.6) is 5.75 Å². The number of nitrogens with zero attached hydrogens (tertiary/aromatic N) is 5. The molecule has 0 saturated carbocycles. The molecule has 3 rings (SSSR count). The molecule has 1 aliphatic heterocycles. The van der Waals surface area contributed by atoms with E-state index < -0.39 is 0 Å². The Morgan fingerprint density at radius 1 is 1.29 bits per heavy atom. The molecule has 2 aromatic rings. The molecule has 1 aliphatic rings. The summed E-state index contributed by atoms with van der Waals surface area (Å²) in [7, 11) is 3.59. The first kappa shape index (κ1) is 20.1. The summed E-state index contributed by atoms with van der Waals surface area (Å²) in [5.41, 5.74) is 1.26. The molecule has 1 aromatic carbocycles. The number of benzene rings is 1. The molecule has 8 nitrogen and oxygen atoms in total. The molecule has 28 heavy (non-hydrogen) atoms. The lowest BCUT2D eigenvalue weighted by Gasteiger charge is -2.29. The largest absolute Gasteiger partial charge is 0.497 e. The van der Waals surface area contributed by atoms with E-state index in [-0.39, 0.29) is 6.04 Å². The zero-order valence-corrected chi connectivity index (χ0v) is 17.1. The summed E-state index contributed by atoms with van der Waals surface area (Å²) >= 11 is 0. The highest BCUT2D eigenvalue weighted by Crippen LogP contribution is 2.27. The molecule has 152 valence electrons. The topological polar surface area (TPSA) is 79.6 Å². The van der Waals surface area contributed by atoms with Crippen molar-refractivity contribution in [2.24, 2.45) is 12.0 Å². The zero-order valence-electron chi connectivity index (χ0n) is 17.1. The van der Waals surface area contributed by atoms with E-state index in [1.165, 1.54) is 18.4 Å². The van der Waals surface area contributed by atoms with Gasteiger partial charge < -0.3 is 15.4 Å². The summed E-state index contributed by atoms with van der Waals surface area (Å²) in [6.45, 7) is 6.38. The SMILES string of the molecule is CCNC(=NCc1ncnn1C)NCC(c1cccc(OC)c1)N1CCCC1. The lowest BCUT2D eigenvalue weighted by atomic mass is 10.1. The van der Waals surface area contributed by atoms with E-state index in [4.69, 9.17) is 4.74 Å². The van der Waals surface area contributed by atoms with Crippen LogP contribution in [0.1, 0.15) is 37.2 Å². The van der Waals surface area contributed by atoms with Crippen LogP contribution < -0.4 is 15.4 Å². The summed E-state index contributed by atoms with van der Waals surface area (Å²) in [4.78, 5) is 11.4. The van der Waals surface area contributed by atoms with Crippen LogP contribution in [-0.2, 0) is 13.6 Å². The van der Waals surface area contributed by atoms with E-state index in [1.807, 2.05) is 13.1 Å². The first-order chi connectivity index (χ1) is 13.7. The monoisotopic (exact) mass is 385 g/mol. The number of ether oxygens (including phenoxy) is 1. The number of likely N-dealkylation sites (tertiary alicyclic amines) is 1. The zero-order chi connectivity index (χ0) is 19.8. The molecule has 8 heteroatoms. The first-order valence-corrected chi connectivity index (χ1v) is 9.94. The molecule has 0 aliphatic carbocycles. The number of rotatable bonds is 8. The Bertz CT molecular complexity index is 767. The van der Waals surface area contributed by atoms with Gasteiger partial charge in [-0.2, -0.15) is 5.10 Å². The molecule has 2 N–H and O–H groups in total. The fourth-order valence-corrected chi connectivity index (χ4v) is 3.51. The minimum Gasteiger partial charge on any atom is -0.497 e. The Morgan fingerprint density at radius 3 is 2.79 bits per heavy atom. The first-order valence-electron chi connectivity index (χ1n) is 9.94. The molecule has 1 fully saturated rings. The highest BCUT2D eigenvalue weighted by atomic mass is 16.5. The second-order valence-corrected chi connectivity index (χ2v) is 6.91. The van der Waals surface area contributed by atoms with Crippen LogP contribution in [0.2, 0.25) is 0 Å². The maximum Gasteiger partial charge on any atom is 0.191 e. The highest BCUT2D eigenvalue weighted by Gasteiger charge is 2.24. The van der Waals surface area contributed by atoms with Crippen molar-refractivity contribution in [3.8, 4) is 5.75 Å². The van der Waals surface area contributed by atoms with Gasteiger partial charge in [0.2, 0.25) is 0 Å². The van der Waals surface area contributed by atoms with Gasteiger partial charge >= 0.3 is 0 Å². The molecule has 0 radical (unpaired) electrons. The Kier molecular flexibility index (Phi) is 7.25. The van der Waals surface area contributed by atoms with Crippen LogP contribution in [0.25, 0.3) is 0 Å². The Labute approximate surface area is 167 Å². The Balaban J connectivity index is 1.72. The molecular weight excluding hydrogens is 354 g/mol. The third-order valence-corrected chi connectivity index (χ3v) is 5.05. The van der Waals surface area contributed by atoms with Gasteiger partial charge in [0.1, 0.15) is 24.4 Å². The summed E-state index contributed by atoms with van der Waals surface area (Å²) in [6, 6.07) is 8.64. The third kappa shape index (κ3) is 5.22. The minimum absolute atomic E-state index is 0.274. The molecule has 2 heterocycles. The number of hydrogen-bond acceptors (Lipinski definition) is 5. The van der Waals surface area contributed by atoms with Crippen LogP contribution >= 0.6 is 0 Å². The summed E-state index contributed by atoms with van der Waals surface area (Å²) in [5.74, 6) is 2.52. The van der Waals surface area contributed by atoms with Crippen LogP contribution in [0.15, 0.2) is 35.6 Å². The Morgan fingerprint density at radius 2 is 2.11 bits per heavy atom. The van der Waals surface area contributed by atoms with Gasteiger partial charge in [-0.15, -0.1) is 0 Å². The van der Waals surface area contributed by atoms with Crippen molar-refractivity contribution in [3.63, 3.8) is 0 Å². The summed E-state index contributed by atoms with van der Waals surface area (Å²) in [5, 5.41) is 10.9. The molecular formula is C20H31N7O. The van der Waals surface area contributed by atoms with Crippen molar-refractivity contribution in [1.82, 2.24) is 30.3 Å². The third-order valence-electron chi connectivity index (χ3n) is 5.05. The number of methoxy groups -OCH3 is 1. The number of aliphatic imine (C=N–C) groups is 1. The van der Waals surface area contributed by atoms with E-state index in [0.29, 0.717) is 6.54 Å². The Hall–Kier alpha value is -2.61. The smallest absolute Gasteiger partial charge is 0.191 e. The van der Waals surface area contributed by atoms with E-state index in [9.17, 15) is 0 Å². The molecule has 0 amide bonds. The van der Waals surface area contributed by atoms with Gasteiger partial charge in [-0.3, -0.25) is 9.58 Å². The second-order valence-electron chi connectivity index (χ2n) is 6.91. The van der Waals surface area contributed by atoms with Crippen molar-refractivity contribution >= 4 is 5.96 Å².